The zero-order valence-electron chi connectivity index (χ0n) is 16.4. The molecule has 1 aromatic carbocycles. The van der Waals surface area contributed by atoms with Gasteiger partial charge < -0.3 is 15.4 Å². The number of imide groups is 1. The number of anilines is 1. The number of urea groups is 1. The van der Waals surface area contributed by atoms with E-state index in [9.17, 15) is 19.2 Å². The highest BCUT2D eigenvalue weighted by molar-refractivity contribution is 6.12. The van der Waals surface area contributed by atoms with Crippen LogP contribution in [0.3, 0.4) is 0 Å². The van der Waals surface area contributed by atoms with Crippen LogP contribution in [0, 0.1) is 5.92 Å². The molecule has 0 unspecified atom stereocenters. The Morgan fingerprint density at radius 3 is 2.62 bits per heavy atom. The molecule has 2 atom stereocenters. The van der Waals surface area contributed by atoms with Crippen molar-refractivity contribution in [3.63, 3.8) is 0 Å². The van der Waals surface area contributed by atoms with Crippen molar-refractivity contribution in [3.05, 3.63) is 29.8 Å². The molecule has 9 heteroatoms. The van der Waals surface area contributed by atoms with Gasteiger partial charge in [0.05, 0.1) is 0 Å². The fourth-order valence-electron chi connectivity index (χ4n) is 3.76. The molecule has 3 rings (SSSR count). The summed E-state index contributed by atoms with van der Waals surface area (Å²) in [6.45, 7) is 0.616. The fourth-order valence-corrected chi connectivity index (χ4v) is 3.76. The second-order valence-electron chi connectivity index (χ2n) is 7.43. The number of nitrogens with one attached hydrogen (secondary N) is 3. The van der Waals surface area contributed by atoms with E-state index in [0.717, 1.165) is 25.7 Å². The maximum atomic E-state index is 12.6. The standard InChI is InChI=1S/C20H26N4O5/c1-29-12-18(26)21-10-13-3-2-4-15(9-13)22-19(27)14-5-7-16(8-6-14)24-11-17(25)23-20(24)28/h5-8,13,15H,2-4,9-12H2,1H3,(H,21,26)(H,22,27)(H,23,25,28)/t13-,15+/m1/s1. The van der Waals surface area contributed by atoms with Gasteiger partial charge in [-0.05, 0) is 49.4 Å². The Labute approximate surface area is 169 Å². The van der Waals surface area contributed by atoms with Crippen LogP contribution in [-0.4, -0.2) is 56.6 Å². The van der Waals surface area contributed by atoms with Crippen LogP contribution in [0.5, 0.6) is 0 Å². The van der Waals surface area contributed by atoms with Crippen molar-refractivity contribution in [1.29, 1.82) is 0 Å². The third-order valence-corrected chi connectivity index (χ3v) is 5.22. The Kier molecular flexibility index (Phi) is 6.82. The molecule has 1 aliphatic heterocycles. The number of ether oxygens (including phenoxy) is 1. The van der Waals surface area contributed by atoms with Crippen LogP contribution in [0.25, 0.3) is 0 Å². The molecule has 1 saturated carbocycles. The van der Waals surface area contributed by atoms with Crippen LogP contribution >= 0.6 is 0 Å². The van der Waals surface area contributed by atoms with Crippen LogP contribution in [0.2, 0.25) is 0 Å². The van der Waals surface area contributed by atoms with Gasteiger partial charge in [0, 0.05) is 30.9 Å². The summed E-state index contributed by atoms with van der Waals surface area (Å²) in [7, 11) is 1.48. The van der Waals surface area contributed by atoms with E-state index in [1.54, 1.807) is 24.3 Å². The highest BCUT2D eigenvalue weighted by atomic mass is 16.5. The molecule has 156 valence electrons. The van der Waals surface area contributed by atoms with Gasteiger partial charge in [0.15, 0.2) is 0 Å². The summed E-state index contributed by atoms with van der Waals surface area (Å²) in [4.78, 5) is 48.5. The van der Waals surface area contributed by atoms with Crippen molar-refractivity contribution in [2.75, 3.05) is 31.7 Å². The molecule has 29 heavy (non-hydrogen) atoms. The molecule has 3 N–H and O–H groups in total. The molecule has 1 saturated heterocycles. The van der Waals surface area contributed by atoms with E-state index in [0.29, 0.717) is 23.7 Å². The summed E-state index contributed by atoms with van der Waals surface area (Å²) >= 11 is 0. The van der Waals surface area contributed by atoms with Gasteiger partial charge in [0.1, 0.15) is 13.2 Å². The van der Waals surface area contributed by atoms with Gasteiger partial charge in [0.25, 0.3) is 5.91 Å². The lowest BCUT2D eigenvalue weighted by Crippen LogP contribution is -2.41. The Hall–Kier alpha value is -2.94. The number of benzene rings is 1. The number of carbonyl (C=O) groups excluding carboxylic acids is 4. The van der Waals surface area contributed by atoms with E-state index in [2.05, 4.69) is 16.0 Å². The van der Waals surface area contributed by atoms with Gasteiger partial charge in [-0.15, -0.1) is 0 Å². The highest BCUT2D eigenvalue weighted by Crippen LogP contribution is 2.24. The minimum Gasteiger partial charge on any atom is -0.375 e. The van der Waals surface area contributed by atoms with Crippen molar-refractivity contribution in [2.45, 2.75) is 31.7 Å². The van der Waals surface area contributed by atoms with E-state index in [1.807, 2.05) is 0 Å². The van der Waals surface area contributed by atoms with E-state index < -0.39 is 6.03 Å². The molecular weight excluding hydrogens is 376 g/mol. The quantitative estimate of drug-likeness (QED) is 0.583. The smallest absolute Gasteiger partial charge is 0.329 e. The minimum atomic E-state index is -0.460. The van der Waals surface area contributed by atoms with Gasteiger partial charge in [-0.1, -0.05) is 6.42 Å². The maximum Gasteiger partial charge on any atom is 0.329 e. The van der Waals surface area contributed by atoms with E-state index in [1.165, 1.54) is 12.0 Å². The summed E-state index contributed by atoms with van der Waals surface area (Å²) in [6.07, 6.45) is 3.73. The topological polar surface area (TPSA) is 117 Å². The van der Waals surface area contributed by atoms with Crippen molar-refractivity contribution in [3.8, 4) is 0 Å². The Bertz CT molecular complexity index is 780. The van der Waals surface area contributed by atoms with Crippen molar-refractivity contribution in [1.82, 2.24) is 16.0 Å². The SMILES string of the molecule is COCC(=O)NC[C@@H]1CCC[C@H](NC(=O)c2ccc(N3CC(=O)NC3=O)cc2)C1. The summed E-state index contributed by atoms with van der Waals surface area (Å²) in [5.74, 6) is -0.328. The second-order valence-corrected chi connectivity index (χ2v) is 7.43. The largest absolute Gasteiger partial charge is 0.375 e. The van der Waals surface area contributed by atoms with Gasteiger partial charge in [-0.3, -0.25) is 24.6 Å². The molecule has 9 nitrogen and oxygen atoms in total. The predicted octanol–water partition coefficient (Wildman–Crippen LogP) is 0.794. The molecule has 2 aliphatic rings. The number of rotatable bonds is 7. The number of hydrogen-bond donors (Lipinski definition) is 3. The molecule has 0 radical (unpaired) electrons. The third kappa shape index (κ3) is 5.54. The first-order chi connectivity index (χ1) is 14.0. The first-order valence-electron chi connectivity index (χ1n) is 9.74. The lowest BCUT2D eigenvalue weighted by Gasteiger charge is -2.30. The van der Waals surface area contributed by atoms with Crippen LogP contribution < -0.4 is 20.9 Å². The molecule has 5 amide bonds. The van der Waals surface area contributed by atoms with Crippen LogP contribution in [0.15, 0.2) is 24.3 Å². The van der Waals surface area contributed by atoms with Gasteiger partial charge in [-0.2, -0.15) is 0 Å². The number of amides is 5. The van der Waals surface area contributed by atoms with Crippen LogP contribution in [0.4, 0.5) is 10.5 Å². The first-order valence-corrected chi connectivity index (χ1v) is 9.74. The predicted molar refractivity (Wildman–Crippen MR) is 105 cm³/mol. The third-order valence-electron chi connectivity index (χ3n) is 5.22. The monoisotopic (exact) mass is 402 g/mol. The van der Waals surface area contributed by atoms with Crippen molar-refractivity contribution in [2.24, 2.45) is 5.92 Å². The van der Waals surface area contributed by atoms with Crippen LogP contribution in [-0.2, 0) is 14.3 Å². The number of methoxy groups -OCH3 is 1. The maximum absolute atomic E-state index is 12.6. The van der Waals surface area contributed by atoms with Gasteiger partial charge >= 0.3 is 6.03 Å². The average molecular weight is 402 g/mol. The highest BCUT2D eigenvalue weighted by Gasteiger charge is 2.28. The lowest BCUT2D eigenvalue weighted by molar-refractivity contribution is -0.125. The molecule has 0 spiro atoms. The molecule has 0 aromatic heterocycles. The fraction of sp³-hybridized carbons (Fsp3) is 0.500. The summed E-state index contributed by atoms with van der Waals surface area (Å²) in [5.41, 5.74) is 1.06. The zero-order chi connectivity index (χ0) is 20.8. The van der Waals surface area contributed by atoms with Crippen molar-refractivity contribution >= 4 is 29.4 Å². The Morgan fingerprint density at radius 1 is 1.21 bits per heavy atom. The van der Waals surface area contributed by atoms with Gasteiger partial charge in [-0.25, -0.2) is 4.79 Å². The van der Waals surface area contributed by atoms with Gasteiger partial charge in [0.2, 0.25) is 11.8 Å². The first kappa shape index (κ1) is 20.8. The molecule has 1 heterocycles. The summed E-state index contributed by atoms with van der Waals surface area (Å²) in [6, 6.07) is 6.20. The molecule has 1 aromatic rings. The molecule has 2 fully saturated rings. The minimum absolute atomic E-state index is 0.0191. The van der Waals surface area contributed by atoms with E-state index in [-0.39, 0.29) is 36.9 Å². The Balaban J connectivity index is 1.51. The summed E-state index contributed by atoms with van der Waals surface area (Å²) in [5, 5.41) is 8.14. The normalized spacial score (nSPS) is 21.6. The molecule has 0 bridgehead atoms. The van der Waals surface area contributed by atoms with E-state index >= 15 is 0 Å². The van der Waals surface area contributed by atoms with Crippen molar-refractivity contribution < 1.29 is 23.9 Å². The Morgan fingerprint density at radius 2 is 1.97 bits per heavy atom. The lowest BCUT2D eigenvalue weighted by atomic mass is 9.85. The van der Waals surface area contributed by atoms with Crippen LogP contribution in [0.1, 0.15) is 36.0 Å². The molecular formula is C20H26N4O5. The number of nitrogens with zero attached hydrogens (tertiary/aromatic N) is 1. The second kappa shape index (κ2) is 9.51. The van der Waals surface area contributed by atoms with E-state index in [4.69, 9.17) is 4.74 Å². The molecule has 1 aliphatic carbocycles. The zero-order valence-corrected chi connectivity index (χ0v) is 16.4. The number of carbonyl (C=O) groups is 4. The average Bonchev–Trinajstić information content (AvgIpc) is 3.05. The summed E-state index contributed by atoms with van der Waals surface area (Å²) < 4.78 is 4.81. The number of hydrogen-bond acceptors (Lipinski definition) is 5.